The second-order valence-corrected chi connectivity index (χ2v) is 12.0. The first kappa shape index (κ1) is 25.9. The van der Waals surface area contributed by atoms with Gasteiger partial charge in [0.15, 0.2) is 5.13 Å². The molecule has 190 valence electrons. The van der Waals surface area contributed by atoms with Crippen molar-refractivity contribution in [1.82, 2.24) is 4.98 Å². The van der Waals surface area contributed by atoms with E-state index in [1.54, 1.807) is 6.20 Å². The molecule has 0 bridgehead atoms. The molecule has 5 nitrogen and oxygen atoms in total. The number of carbonyl (C=O) groups is 2. The van der Waals surface area contributed by atoms with Gasteiger partial charge in [-0.05, 0) is 98.8 Å². The number of Topliss-reactive ketones (excluding diaryl/α,β-unsaturated/α-hetero) is 1. The van der Waals surface area contributed by atoms with E-state index in [-0.39, 0.29) is 17.2 Å². The molecule has 2 saturated carbocycles. The third-order valence-corrected chi connectivity index (χ3v) is 9.75. The molecule has 1 amide bonds. The average molecular weight is 497 g/mol. The molecule has 2 N–H and O–H groups in total. The van der Waals surface area contributed by atoms with Crippen LogP contribution in [0.5, 0.6) is 5.75 Å². The summed E-state index contributed by atoms with van der Waals surface area (Å²) in [6, 6.07) is 2.20. The van der Waals surface area contributed by atoms with Crippen LogP contribution in [-0.2, 0) is 16.0 Å². The molecule has 0 spiro atoms. The Balaban J connectivity index is 0.00000141. The van der Waals surface area contributed by atoms with E-state index in [0.29, 0.717) is 47.3 Å². The summed E-state index contributed by atoms with van der Waals surface area (Å²) in [4.78, 5) is 31.1. The van der Waals surface area contributed by atoms with E-state index < -0.39 is 0 Å². The van der Waals surface area contributed by atoms with Gasteiger partial charge in [-0.3, -0.25) is 9.59 Å². The van der Waals surface area contributed by atoms with E-state index in [0.717, 1.165) is 48.1 Å². The summed E-state index contributed by atoms with van der Waals surface area (Å²) < 4.78 is 0. The quantitative estimate of drug-likeness (QED) is 0.484. The lowest BCUT2D eigenvalue weighted by Gasteiger charge is -2.50. The maximum atomic E-state index is 13.2. The number of phenolic OH excluding ortho intramolecular Hbond substituents is 1. The first-order chi connectivity index (χ1) is 16.7. The van der Waals surface area contributed by atoms with Crippen LogP contribution in [0.3, 0.4) is 0 Å². The monoisotopic (exact) mass is 496 g/mol. The summed E-state index contributed by atoms with van der Waals surface area (Å²) in [7, 11) is 0. The van der Waals surface area contributed by atoms with Gasteiger partial charge in [-0.2, -0.15) is 0 Å². The fourth-order valence-corrected chi connectivity index (χ4v) is 8.01. The lowest BCUT2D eigenvalue weighted by atomic mass is 9.53. The van der Waals surface area contributed by atoms with Crippen LogP contribution >= 0.6 is 11.3 Å². The number of nitrogens with one attached hydrogen (secondary N) is 1. The van der Waals surface area contributed by atoms with Crippen molar-refractivity contribution in [3.63, 3.8) is 0 Å². The maximum absolute atomic E-state index is 13.2. The molecule has 0 radical (unpaired) electrons. The number of rotatable bonds is 4. The predicted octanol–water partition coefficient (Wildman–Crippen LogP) is 6.87. The molecule has 6 heteroatoms. The van der Waals surface area contributed by atoms with Crippen LogP contribution in [0.4, 0.5) is 5.13 Å². The molecule has 5 atom stereocenters. The van der Waals surface area contributed by atoms with E-state index >= 15 is 0 Å². The summed E-state index contributed by atoms with van der Waals surface area (Å²) in [6.07, 6.45) is 7.56. The molecule has 35 heavy (non-hydrogen) atoms. The standard InChI is InChI=1S/C27H34N2O3S.C2H6/c1-14-11-21-18(16(3)25(14)32)6-7-20-19(21)9-10-27(4)22(30)12-17(24(20)27)5-8-23(31)29-26-28-13-15(2)33-26;1-2/h11,13,17,19-20,24,32H,5-10,12H2,1-4H3,(H,28,29,31);1-2H3. The topological polar surface area (TPSA) is 79.3 Å². The van der Waals surface area contributed by atoms with Crippen LogP contribution in [0, 0.1) is 43.9 Å². The lowest BCUT2D eigenvalue weighted by Crippen LogP contribution is -2.44. The molecule has 3 aliphatic carbocycles. The zero-order valence-electron chi connectivity index (χ0n) is 22.0. The number of thiazole rings is 1. The Kier molecular flexibility index (Phi) is 7.42. The number of hydrogen-bond donors (Lipinski definition) is 2. The van der Waals surface area contributed by atoms with Crippen molar-refractivity contribution in [2.45, 2.75) is 92.4 Å². The lowest BCUT2D eigenvalue weighted by molar-refractivity contribution is -0.129. The molecule has 1 aromatic heterocycles. The molecule has 3 aliphatic rings. The fraction of sp³-hybridized carbons (Fsp3) is 0.621. The molecule has 0 saturated heterocycles. The van der Waals surface area contributed by atoms with Crippen molar-refractivity contribution >= 4 is 28.2 Å². The van der Waals surface area contributed by atoms with Gasteiger partial charge in [0.25, 0.3) is 0 Å². The minimum Gasteiger partial charge on any atom is -0.507 e. The van der Waals surface area contributed by atoms with E-state index in [9.17, 15) is 14.7 Å². The van der Waals surface area contributed by atoms with Crippen molar-refractivity contribution in [2.24, 2.45) is 23.2 Å². The van der Waals surface area contributed by atoms with Crippen LogP contribution in [0.2, 0.25) is 0 Å². The molecular weight excluding hydrogens is 456 g/mol. The molecule has 2 aromatic rings. The average Bonchev–Trinajstić information content (AvgIpc) is 3.36. The molecule has 5 rings (SSSR count). The van der Waals surface area contributed by atoms with Gasteiger partial charge < -0.3 is 10.4 Å². The number of carbonyl (C=O) groups excluding carboxylic acids is 2. The normalized spacial score (nSPS) is 28.9. The highest BCUT2D eigenvalue weighted by molar-refractivity contribution is 7.15. The number of aryl methyl sites for hydroxylation is 2. The first-order valence-corrected chi connectivity index (χ1v) is 14.1. The molecular formula is C29H40N2O3S. The van der Waals surface area contributed by atoms with E-state index in [2.05, 4.69) is 23.3 Å². The maximum Gasteiger partial charge on any atom is 0.226 e. The Morgan fingerprint density at radius 1 is 1.26 bits per heavy atom. The zero-order chi connectivity index (χ0) is 25.5. The van der Waals surface area contributed by atoms with Gasteiger partial charge in [0.05, 0.1) is 0 Å². The van der Waals surface area contributed by atoms with E-state index in [1.165, 1.54) is 22.5 Å². The summed E-state index contributed by atoms with van der Waals surface area (Å²) in [6.45, 7) is 12.2. The molecule has 0 aliphatic heterocycles. The number of amides is 1. The SMILES string of the molecule is CC.Cc1cnc(NC(=O)CCC2CC(=O)C3(C)CCC4c5cc(C)c(O)c(C)c5CCC4C23)s1. The highest BCUT2D eigenvalue weighted by Gasteiger charge is 2.58. The number of ketones is 1. The summed E-state index contributed by atoms with van der Waals surface area (Å²) in [5.74, 6) is 2.35. The van der Waals surface area contributed by atoms with Crippen molar-refractivity contribution in [2.75, 3.05) is 5.32 Å². The summed E-state index contributed by atoms with van der Waals surface area (Å²) in [5, 5.41) is 14.0. The van der Waals surface area contributed by atoms with Crippen LogP contribution < -0.4 is 5.32 Å². The number of phenols is 1. The number of aromatic nitrogens is 1. The molecule has 5 unspecified atom stereocenters. The molecule has 1 aromatic carbocycles. The van der Waals surface area contributed by atoms with Crippen molar-refractivity contribution in [3.8, 4) is 5.75 Å². The van der Waals surface area contributed by atoms with Crippen LogP contribution in [-0.4, -0.2) is 21.8 Å². The van der Waals surface area contributed by atoms with Crippen LogP contribution in [0.1, 0.15) is 92.3 Å². The molecule has 2 fully saturated rings. The smallest absolute Gasteiger partial charge is 0.226 e. The van der Waals surface area contributed by atoms with Crippen molar-refractivity contribution in [1.29, 1.82) is 0 Å². The van der Waals surface area contributed by atoms with Gasteiger partial charge >= 0.3 is 0 Å². The van der Waals surface area contributed by atoms with Crippen molar-refractivity contribution in [3.05, 3.63) is 39.4 Å². The third-order valence-electron chi connectivity index (χ3n) is 8.92. The Morgan fingerprint density at radius 2 is 2.00 bits per heavy atom. The number of nitrogens with zero attached hydrogens (tertiary/aromatic N) is 1. The van der Waals surface area contributed by atoms with E-state index in [1.807, 2.05) is 34.6 Å². The van der Waals surface area contributed by atoms with Gasteiger partial charge in [-0.15, -0.1) is 11.3 Å². The number of fused-ring (bicyclic) bond motifs is 5. The largest absolute Gasteiger partial charge is 0.507 e. The summed E-state index contributed by atoms with van der Waals surface area (Å²) >= 11 is 1.49. The number of anilines is 1. The Bertz CT molecular complexity index is 1120. The minimum absolute atomic E-state index is 0.00604. The number of hydrogen-bond acceptors (Lipinski definition) is 5. The van der Waals surface area contributed by atoms with E-state index in [4.69, 9.17) is 0 Å². The number of aromatic hydroxyl groups is 1. The van der Waals surface area contributed by atoms with Gasteiger partial charge in [0.2, 0.25) is 5.91 Å². The fourth-order valence-electron chi connectivity index (χ4n) is 7.33. The Morgan fingerprint density at radius 3 is 2.69 bits per heavy atom. The van der Waals surface area contributed by atoms with Gasteiger partial charge in [-0.25, -0.2) is 4.98 Å². The minimum atomic E-state index is -0.257. The summed E-state index contributed by atoms with van der Waals surface area (Å²) in [5.41, 5.74) is 4.45. The highest BCUT2D eigenvalue weighted by atomic mass is 32.1. The first-order valence-electron chi connectivity index (χ1n) is 13.3. The zero-order valence-corrected chi connectivity index (χ0v) is 22.8. The third kappa shape index (κ3) is 4.54. The van der Waals surface area contributed by atoms with Crippen molar-refractivity contribution < 1.29 is 14.7 Å². The van der Waals surface area contributed by atoms with Gasteiger partial charge in [-0.1, -0.05) is 26.8 Å². The van der Waals surface area contributed by atoms with Crippen LogP contribution in [0.15, 0.2) is 12.3 Å². The Hall–Kier alpha value is -2.21. The van der Waals surface area contributed by atoms with Crippen LogP contribution in [0.25, 0.3) is 0 Å². The van der Waals surface area contributed by atoms with Gasteiger partial charge in [0, 0.05) is 29.3 Å². The highest BCUT2D eigenvalue weighted by Crippen LogP contribution is 2.62. The van der Waals surface area contributed by atoms with Gasteiger partial charge in [0.1, 0.15) is 11.5 Å². The molecule has 1 heterocycles. The number of benzene rings is 1. The Labute approximate surface area is 213 Å². The second-order valence-electron chi connectivity index (χ2n) is 10.8. The second kappa shape index (κ2) is 10.0. The predicted molar refractivity (Wildman–Crippen MR) is 142 cm³/mol.